The summed E-state index contributed by atoms with van der Waals surface area (Å²) in [6, 6.07) is 4.91. The number of hydrogen-bond acceptors (Lipinski definition) is 4. The van der Waals surface area contributed by atoms with Gasteiger partial charge < -0.3 is 19.1 Å². The van der Waals surface area contributed by atoms with Crippen molar-refractivity contribution >= 4 is 0 Å². The summed E-state index contributed by atoms with van der Waals surface area (Å²) in [6.45, 7) is 1.12. The molecule has 0 amide bonds. The van der Waals surface area contributed by atoms with Crippen LogP contribution in [0.25, 0.3) is 0 Å². The summed E-state index contributed by atoms with van der Waals surface area (Å²) in [7, 11) is 5.77. The second-order valence-electron chi connectivity index (χ2n) is 7.32. The lowest BCUT2D eigenvalue weighted by atomic mass is 9.53. The fourth-order valence-corrected chi connectivity index (χ4v) is 5.66. The highest BCUT2D eigenvalue weighted by Gasteiger charge is 2.64. The third-order valence-electron chi connectivity index (χ3n) is 6.66. The van der Waals surface area contributed by atoms with E-state index in [-0.39, 0.29) is 11.5 Å². The highest BCUT2D eigenvalue weighted by atomic mass is 16.6. The van der Waals surface area contributed by atoms with Gasteiger partial charge in [-0.25, -0.2) is 0 Å². The van der Waals surface area contributed by atoms with Gasteiger partial charge in [0.05, 0.1) is 14.2 Å². The van der Waals surface area contributed by atoms with Gasteiger partial charge >= 0.3 is 0 Å². The first-order chi connectivity index (χ1) is 11.2. The zero-order chi connectivity index (χ0) is 15.8. The molecule has 4 nitrogen and oxygen atoms in total. The van der Waals surface area contributed by atoms with Crippen LogP contribution in [0, 0.1) is 5.92 Å². The molecule has 2 aliphatic heterocycles. The van der Waals surface area contributed by atoms with Crippen molar-refractivity contribution in [1.82, 2.24) is 4.90 Å². The molecule has 0 radical (unpaired) electrons. The molecule has 0 unspecified atom stereocenters. The van der Waals surface area contributed by atoms with E-state index < -0.39 is 0 Å². The van der Waals surface area contributed by atoms with E-state index >= 15 is 0 Å². The topological polar surface area (TPSA) is 30.9 Å². The number of likely N-dealkylation sites (tertiary alicyclic amines) is 1. The van der Waals surface area contributed by atoms with Gasteiger partial charge in [0, 0.05) is 17.0 Å². The van der Waals surface area contributed by atoms with Crippen LogP contribution < -0.4 is 9.47 Å². The van der Waals surface area contributed by atoms with Crippen LogP contribution in [0.4, 0.5) is 0 Å². The third-order valence-corrected chi connectivity index (χ3v) is 6.66. The van der Waals surface area contributed by atoms with Gasteiger partial charge in [-0.05, 0) is 56.5 Å². The summed E-state index contributed by atoms with van der Waals surface area (Å²) in [5, 5.41) is 0. The Morgan fingerprint density at radius 3 is 2.91 bits per heavy atom. The first kappa shape index (κ1) is 13.7. The Morgan fingerprint density at radius 1 is 1.26 bits per heavy atom. The van der Waals surface area contributed by atoms with Crippen LogP contribution in [-0.4, -0.2) is 44.9 Å². The van der Waals surface area contributed by atoms with Gasteiger partial charge in [0.25, 0.3) is 0 Å². The quantitative estimate of drug-likeness (QED) is 0.839. The average Bonchev–Trinajstić information content (AvgIpc) is 2.92. The van der Waals surface area contributed by atoms with E-state index in [1.54, 1.807) is 14.2 Å². The largest absolute Gasteiger partial charge is 0.497 e. The number of benzene rings is 1. The van der Waals surface area contributed by atoms with Crippen LogP contribution in [0.5, 0.6) is 11.5 Å². The van der Waals surface area contributed by atoms with Crippen molar-refractivity contribution in [3.63, 3.8) is 0 Å². The smallest absolute Gasteiger partial charge is 0.166 e. The normalized spacial score (nSPS) is 36.8. The number of piperidine rings is 1. The molecule has 5 rings (SSSR count). The van der Waals surface area contributed by atoms with E-state index in [9.17, 15) is 0 Å². The summed E-state index contributed by atoms with van der Waals surface area (Å²) in [4.78, 5) is 2.55. The van der Waals surface area contributed by atoms with Gasteiger partial charge in [0.15, 0.2) is 17.6 Å². The number of methoxy groups -OCH3 is 2. The molecule has 1 aromatic carbocycles. The first-order valence-corrected chi connectivity index (χ1v) is 8.52. The molecule has 0 aromatic heterocycles. The van der Waals surface area contributed by atoms with Gasteiger partial charge in [-0.15, -0.1) is 0 Å². The van der Waals surface area contributed by atoms with Crippen LogP contribution in [0.15, 0.2) is 24.0 Å². The monoisotopic (exact) mass is 313 g/mol. The molecular weight excluding hydrogens is 290 g/mol. The lowest BCUT2D eigenvalue weighted by Crippen LogP contribution is -2.63. The van der Waals surface area contributed by atoms with Crippen molar-refractivity contribution in [2.45, 2.75) is 36.8 Å². The molecule has 4 aliphatic rings. The number of hydrogen-bond donors (Lipinski definition) is 0. The average molecular weight is 313 g/mol. The molecule has 23 heavy (non-hydrogen) atoms. The van der Waals surface area contributed by atoms with Crippen LogP contribution in [0.1, 0.15) is 24.0 Å². The van der Waals surface area contributed by atoms with E-state index in [0.717, 1.165) is 43.1 Å². The molecule has 1 fully saturated rings. The molecule has 1 spiro atoms. The predicted molar refractivity (Wildman–Crippen MR) is 87.0 cm³/mol. The minimum Gasteiger partial charge on any atom is -0.497 e. The molecule has 4 heteroatoms. The molecular formula is C19H23NO3. The highest BCUT2D eigenvalue weighted by Crippen LogP contribution is 2.63. The summed E-state index contributed by atoms with van der Waals surface area (Å²) in [5.74, 6) is 3.42. The van der Waals surface area contributed by atoms with Crippen LogP contribution in [0.3, 0.4) is 0 Å². The van der Waals surface area contributed by atoms with E-state index in [1.807, 2.05) is 0 Å². The van der Waals surface area contributed by atoms with Crippen LogP contribution in [0.2, 0.25) is 0 Å². The van der Waals surface area contributed by atoms with Crippen molar-refractivity contribution in [1.29, 1.82) is 0 Å². The summed E-state index contributed by atoms with van der Waals surface area (Å²) >= 11 is 0. The van der Waals surface area contributed by atoms with E-state index in [2.05, 4.69) is 30.2 Å². The van der Waals surface area contributed by atoms with Gasteiger partial charge in [0.2, 0.25) is 0 Å². The van der Waals surface area contributed by atoms with Crippen molar-refractivity contribution < 1.29 is 14.2 Å². The van der Waals surface area contributed by atoms with Crippen molar-refractivity contribution in [2.75, 3.05) is 27.8 Å². The molecule has 0 saturated carbocycles. The Balaban J connectivity index is 1.80. The molecule has 0 N–H and O–H groups in total. The number of likely N-dealkylation sites (N-methyl/N-ethyl adjacent to an activating group) is 1. The Kier molecular flexibility index (Phi) is 2.65. The Morgan fingerprint density at radius 2 is 2.13 bits per heavy atom. The van der Waals surface area contributed by atoms with Crippen LogP contribution >= 0.6 is 0 Å². The van der Waals surface area contributed by atoms with Gasteiger partial charge in [-0.2, -0.15) is 0 Å². The third kappa shape index (κ3) is 1.46. The molecule has 2 bridgehead atoms. The highest BCUT2D eigenvalue weighted by molar-refractivity contribution is 5.62. The maximum Gasteiger partial charge on any atom is 0.166 e. The van der Waals surface area contributed by atoms with E-state index in [0.29, 0.717) is 12.0 Å². The van der Waals surface area contributed by atoms with E-state index in [1.165, 1.54) is 11.1 Å². The van der Waals surface area contributed by atoms with Gasteiger partial charge in [0.1, 0.15) is 5.76 Å². The summed E-state index contributed by atoms with van der Waals surface area (Å²) in [6.07, 6.45) is 5.58. The molecule has 2 heterocycles. The van der Waals surface area contributed by atoms with Crippen molar-refractivity contribution in [2.24, 2.45) is 5.92 Å². The molecule has 1 saturated heterocycles. The summed E-state index contributed by atoms with van der Waals surface area (Å²) < 4.78 is 17.8. The minimum absolute atomic E-state index is 0.00722. The Labute approximate surface area is 137 Å². The summed E-state index contributed by atoms with van der Waals surface area (Å²) in [5.41, 5.74) is 2.92. The lowest BCUT2D eigenvalue weighted by Gasteiger charge is -2.56. The van der Waals surface area contributed by atoms with Crippen LogP contribution in [-0.2, 0) is 16.6 Å². The second kappa shape index (κ2) is 4.44. The number of rotatable bonds is 2. The van der Waals surface area contributed by atoms with Gasteiger partial charge in [-0.3, -0.25) is 0 Å². The van der Waals surface area contributed by atoms with E-state index in [4.69, 9.17) is 14.2 Å². The first-order valence-electron chi connectivity index (χ1n) is 8.52. The molecule has 2 aliphatic carbocycles. The zero-order valence-electron chi connectivity index (χ0n) is 14.0. The molecule has 1 aromatic rings. The Hall–Kier alpha value is -1.68. The fraction of sp³-hybridized carbons (Fsp3) is 0.579. The molecule has 4 atom stereocenters. The zero-order valence-corrected chi connectivity index (χ0v) is 14.0. The SMILES string of the molecule is COC1=CC[C@@H]2[C@@H]3Cc4ccc(OC)c5c4[C@]2(CCN3C)[C@@H]1O5. The molecule has 122 valence electrons. The van der Waals surface area contributed by atoms with Gasteiger partial charge in [-0.1, -0.05) is 6.07 Å². The maximum atomic E-state index is 6.50. The standard InChI is InChI=1S/C19H23NO3/c1-20-9-8-19-12-5-7-15(22-3)18(19)23-17-14(21-2)6-4-11(16(17)19)10-13(12)20/h4,6-7,12-13,18H,5,8-10H2,1-3H3/t12-,13+,18-,19-/m1/s1. The minimum atomic E-state index is 0.00722. The Bertz CT molecular complexity index is 713. The lowest BCUT2D eigenvalue weighted by molar-refractivity contribution is -0.0267. The second-order valence-corrected chi connectivity index (χ2v) is 7.32. The number of allylic oxidation sites excluding steroid dienone is 1. The van der Waals surface area contributed by atoms with Crippen molar-refractivity contribution in [3.8, 4) is 11.5 Å². The number of nitrogens with zero attached hydrogens (tertiary/aromatic N) is 1. The van der Waals surface area contributed by atoms with Crippen molar-refractivity contribution in [3.05, 3.63) is 35.1 Å². The fourth-order valence-electron chi connectivity index (χ4n) is 5.66. The number of ether oxygens (including phenoxy) is 3. The maximum absolute atomic E-state index is 6.50. The predicted octanol–water partition coefficient (Wildman–Crippen LogP) is 2.50.